The largest absolute Gasteiger partial charge is 0.461 e. The number of amides is 2. The summed E-state index contributed by atoms with van der Waals surface area (Å²) in [4.78, 5) is 11.8. The molecule has 1 aromatic carbocycles. The zero-order valence-corrected chi connectivity index (χ0v) is 12.1. The van der Waals surface area contributed by atoms with Crippen LogP contribution in [0.2, 0.25) is 0 Å². The molecule has 0 unspecified atom stereocenters. The van der Waals surface area contributed by atoms with Crippen LogP contribution in [0.1, 0.15) is 18.2 Å². The van der Waals surface area contributed by atoms with Gasteiger partial charge in [0, 0.05) is 17.5 Å². The number of furan rings is 1. The molecule has 114 valence electrons. The highest BCUT2D eigenvalue weighted by Gasteiger charge is 2.17. The molecule has 2 amide bonds. The first kappa shape index (κ1) is 15.3. The summed E-state index contributed by atoms with van der Waals surface area (Å²) in [5.41, 5.74) is 1.70. The van der Waals surface area contributed by atoms with E-state index in [9.17, 15) is 9.90 Å². The molecule has 0 saturated heterocycles. The number of urea groups is 1. The molecule has 1 aromatic heterocycles. The quantitative estimate of drug-likeness (QED) is 0.667. The molecule has 0 aliphatic rings. The Kier molecular flexibility index (Phi) is 4.82. The molecule has 0 aliphatic carbocycles. The Hall–Kier alpha value is -2.05. The maximum Gasteiger partial charge on any atom is 0.315 e. The Morgan fingerprint density at radius 2 is 2.10 bits per heavy atom. The van der Waals surface area contributed by atoms with Crippen molar-refractivity contribution < 1.29 is 19.4 Å². The fraction of sp³-hybridized carbons (Fsp3) is 0.400. The summed E-state index contributed by atoms with van der Waals surface area (Å²) >= 11 is 0. The van der Waals surface area contributed by atoms with Crippen LogP contribution in [0.4, 0.5) is 4.79 Å². The Labute approximate surface area is 122 Å². The van der Waals surface area contributed by atoms with Crippen molar-refractivity contribution in [1.82, 2.24) is 10.6 Å². The van der Waals surface area contributed by atoms with E-state index in [1.807, 2.05) is 31.2 Å². The normalized spacial score (nSPS) is 13.9. The summed E-state index contributed by atoms with van der Waals surface area (Å²) in [6.07, 6.45) is -0.822. The summed E-state index contributed by atoms with van der Waals surface area (Å²) in [6, 6.07) is 6.49. The van der Waals surface area contributed by atoms with Crippen LogP contribution in [-0.4, -0.2) is 35.0 Å². The van der Waals surface area contributed by atoms with Crippen LogP contribution < -0.4 is 10.6 Å². The molecular weight excluding hydrogens is 272 g/mol. The number of aryl methyl sites for hydroxylation is 1. The molecule has 4 N–H and O–H groups in total. The van der Waals surface area contributed by atoms with Crippen LogP contribution in [0.3, 0.4) is 0 Å². The zero-order valence-electron chi connectivity index (χ0n) is 12.1. The van der Waals surface area contributed by atoms with Crippen molar-refractivity contribution in [2.75, 3.05) is 6.61 Å². The van der Waals surface area contributed by atoms with Crippen LogP contribution in [-0.2, 0) is 6.54 Å². The minimum absolute atomic E-state index is 0.312. The Morgan fingerprint density at radius 1 is 1.38 bits per heavy atom. The van der Waals surface area contributed by atoms with E-state index >= 15 is 0 Å². The topological polar surface area (TPSA) is 94.7 Å². The molecule has 0 saturated carbocycles. The molecule has 2 rings (SSSR count). The zero-order chi connectivity index (χ0) is 15.4. The lowest BCUT2D eigenvalue weighted by Crippen LogP contribution is -2.48. The fourth-order valence-electron chi connectivity index (χ4n) is 2.15. The van der Waals surface area contributed by atoms with E-state index in [1.165, 1.54) is 6.92 Å². The Bertz CT molecular complexity index is 621. The molecule has 6 nitrogen and oxygen atoms in total. The third-order valence-corrected chi connectivity index (χ3v) is 3.42. The average molecular weight is 292 g/mol. The van der Waals surface area contributed by atoms with Gasteiger partial charge >= 0.3 is 6.03 Å². The minimum atomic E-state index is -0.822. The van der Waals surface area contributed by atoms with Crippen molar-refractivity contribution in [3.63, 3.8) is 0 Å². The molecule has 0 fully saturated rings. The average Bonchev–Trinajstić information content (AvgIpc) is 2.77. The second-order valence-corrected chi connectivity index (χ2v) is 4.99. The van der Waals surface area contributed by atoms with Gasteiger partial charge in [0.15, 0.2) is 0 Å². The maximum absolute atomic E-state index is 11.8. The number of fused-ring (bicyclic) bond motifs is 1. The van der Waals surface area contributed by atoms with Crippen molar-refractivity contribution in [1.29, 1.82) is 0 Å². The lowest BCUT2D eigenvalue weighted by atomic mass is 10.1. The molecular formula is C15H20N2O4. The number of nitrogens with one attached hydrogen (secondary N) is 2. The minimum Gasteiger partial charge on any atom is -0.461 e. The van der Waals surface area contributed by atoms with Crippen molar-refractivity contribution in [3.8, 4) is 0 Å². The van der Waals surface area contributed by atoms with E-state index < -0.39 is 18.2 Å². The molecule has 0 aliphatic heterocycles. The summed E-state index contributed by atoms with van der Waals surface area (Å²) in [6.45, 7) is 3.35. The van der Waals surface area contributed by atoms with Crippen molar-refractivity contribution in [2.45, 2.75) is 32.5 Å². The lowest BCUT2D eigenvalue weighted by molar-refractivity contribution is 0.107. The van der Waals surface area contributed by atoms with Gasteiger partial charge in [-0.25, -0.2) is 4.79 Å². The SMILES string of the molecule is Cc1oc2ccccc2c1CNC(=O)N[C@H](CO)[C@@H](C)O. The number of benzene rings is 1. The van der Waals surface area contributed by atoms with Crippen LogP contribution >= 0.6 is 0 Å². The van der Waals surface area contributed by atoms with Gasteiger partial charge < -0.3 is 25.3 Å². The fourth-order valence-corrected chi connectivity index (χ4v) is 2.15. The molecule has 6 heteroatoms. The molecule has 2 aromatic rings. The standard InChI is InChI=1S/C15H20N2O4/c1-9(19)13(8-18)17-15(20)16-7-12-10(2)21-14-6-4-3-5-11(12)14/h3-6,9,13,18-19H,7-8H2,1-2H3,(H2,16,17,20)/t9-,13-/m1/s1. The first-order chi connectivity index (χ1) is 10.0. The van der Waals surface area contributed by atoms with Gasteiger partial charge in [0.1, 0.15) is 11.3 Å². The van der Waals surface area contributed by atoms with Crippen LogP contribution in [0.5, 0.6) is 0 Å². The molecule has 1 heterocycles. The second kappa shape index (κ2) is 6.60. The predicted molar refractivity (Wildman–Crippen MR) is 78.9 cm³/mol. The summed E-state index contributed by atoms with van der Waals surface area (Å²) in [5.74, 6) is 0.755. The predicted octanol–water partition coefficient (Wildman–Crippen LogP) is 1.28. The number of rotatable bonds is 5. The van der Waals surface area contributed by atoms with Crippen molar-refractivity contribution in [3.05, 3.63) is 35.6 Å². The highest BCUT2D eigenvalue weighted by molar-refractivity contribution is 5.83. The number of aliphatic hydroxyl groups excluding tert-OH is 2. The molecule has 21 heavy (non-hydrogen) atoms. The lowest BCUT2D eigenvalue weighted by Gasteiger charge is -2.19. The highest BCUT2D eigenvalue weighted by Crippen LogP contribution is 2.24. The monoisotopic (exact) mass is 292 g/mol. The van der Waals surface area contributed by atoms with Crippen LogP contribution in [0.25, 0.3) is 11.0 Å². The van der Waals surface area contributed by atoms with E-state index in [0.29, 0.717) is 6.54 Å². The second-order valence-electron chi connectivity index (χ2n) is 4.99. The van der Waals surface area contributed by atoms with E-state index in [1.54, 1.807) is 0 Å². The number of para-hydroxylation sites is 1. The van der Waals surface area contributed by atoms with E-state index in [0.717, 1.165) is 22.3 Å². The number of aliphatic hydroxyl groups is 2. The first-order valence-electron chi connectivity index (χ1n) is 6.83. The molecule has 0 bridgehead atoms. The first-order valence-corrected chi connectivity index (χ1v) is 6.83. The van der Waals surface area contributed by atoms with Crippen LogP contribution in [0, 0.1) is 6.92 Å². The van der Waals surface area contributed by atoms with Gasteiger partial charge in [0.05, 0.1) is 18.8 Å². The summed E-state index contributed by atoms with van der Waals surface area (Å²) in [5, 5.41) is 24.6. The van der Waals surface area contributed by atoms with Gasteiger partial charge in [0.2, 0.25) is 0 Å². The van der Waals surface area contributed by atoms with Gasteiger partial charge in [-0.3, -0.25) is 0 Å². The van der Waals surface area contributed by atoms with Crippen molar-refractivity contribution >= 4 is 17.0 Å². The van der Waals surface area contributed by atoms with E-state index in [2.05, 4.69) is 10.6 Å². The molecule has 2 atom stereocenters. The van der Waals surface area contributed by atoms with Crippen LogP contribution in [0.15, 0.2) is 28.7 Å². The van der Waals surface area contributed by atoms with E-state index in [-0.39, 0.29) is 6.61 Å². The Balaban J connectivity index is 2.01. The van der Waals surface area contributed by atoms with Crippen molar-refractivity contribution in [2.24, 2.45) is 0 Å². The third-order valence-electron chi connectivity index (χ3n) is 3.42. The van der Waals surface area contributed by atoms with Gasteiger partial charge in [-0.1, -0.05) is 18.2 Å². The smallest absolute Gasteiger partial charge is 0.315 e. The number of hydrogen-bond acceptors (Lipinski definition) is 4. The number of carbonyl (C=O) groups excluding carboxylic acids is 1. The summed E-state index contributed by atoms with van der Waals surface area (Å²) < 4.78 is 5.62. The van der Waals surface area contributed by atoms with Gasteiger partial charge in [-0.2, -0.15) is 0 Å². The van der Waals surface area contributed by atoms with Gasteiger partial charge in [-0.05, 0) is 19.9 Å². The molecule has 0 radical (unpaired) electrons. The molecule has 0 spiro atoms. The number of carbonyl (C=O) groups is 1. The van der Waals surface area contributed by atoms with Gasteiger partial charge in [0.25, 0.3) is 0 Å². The number of hydrogen-bond donors (Lipinski definition) is 4. The van der Waals surface area contributed by atoms with E-state index in [4.69, 9.17) is 9.52 Å². The summed E-state index contributed by atoms with van der Waals surface area (Å²) in [7, 11) is 0. The maximum atomic E-state index is 11.8. The highest BCUT2D eigenvalue weighted by atomic mass is 16.3. The Morgan fingerprint density at radius 3 is 2.76 bits per heavy atom. The third kappa shape index (κ3) is 3.53. The van der Waals surface area contributed by atoms with Gasteiger partial charge in [-0.15, -0.1) is 0 Å².